The summed E-state index contributed by atoms with van der Waals surface area (Å²) >= 11 is 1.86. The van der Waals surface area contributed by atoms with Gasteiger partial charge >= 0.3 is 0 Å². The average molecular weight is 205 g/mol. The first-order valence-corrected chi connectivity index (χ1v) is 6.15. The second kappa shape index (κ2) is 5.89. The fourth-order valence-corrected chi connectivity index (χ4v) is 1.65. The lowest BCUT2D eigenvalue weighted by Gasteiger charge is -2.32. The minimum Gasteiger partial charge on any atom is -0.393 e. The molecule has 0 aliphatic carbocycles. The van der Waals surface area contributed by atoms with Crippen LogP contribution in [-0.2, 0) is 0 Å². The van der Waals surface area contributed by atoms with Gasteiger partial charge in [-0.1, -0.05) is 13.8 Å². The molecule has 0 aromatic rings. The molecule has 13 heavy (non-hydrogen) atoms. The number of hydrogen-bond acceptors (Lipinski definition) is 3. The molecule has 0 aromatic heterocycles. The molecule has 1 unspecified atom stereocenters. The fraction of sp³-hybridized carbons (Fsp3) is 1.00. The molecule has 0 aliphatic heterocycles. The topological polar surface area (TPSA) is 23.5 Å². The monoisotopic (exact) mass is 205 g/mol. The van der Waals surface area contributed by atoms with Crippen LogP contribution in [0.25, 0.3) is 0 Å². The van der Waals surface area contributed by atoms with Gasteiger partial charge in [-0.25, -0.2) is 0 Å². The molecular formula is C10H23NOS. The van der Waals surface area contributed by atoms with E-state index < -0.39 is 0 Å². The number of aliphatic hydroxyl groups excluding tert-OH is 1. The zero-order valence-corrected chi connectivity index (χ0v) is 10.3. The summed E-state index contributed by atoms with van der Waals surface area (Å²) in [5, 5.41) is 9.52. The molecule has 80 valence electrons. The Hall–Kier alpha value is 0.270. The van der Waals surface area contributed by atoms with Crippen LogP contribution in [0.2, 0.25) is 0 Å². The summed E-state index contributed by atoms with van der Waals surface area (Å²) in [6, 6.07) is 0. The van der Waals surface area contributed by atoms with Gasteiger partial charge in [-0.2, -0.15) is 11.8 Å². The van der Waals surface area contributed by atoms with Crippen LogP contribution in [0.4, 0.5) is 0 Å². The van der Waals surface area contributed by atoms with E-state index in [1.165, 1.54) is 0 Å². The summed E-state index contributed by atoms with van der Waals surface area (Å²) in [4.78, 5) is 2.28. The predicted molar refractivity (Wildman–Crippen MR) is 61.3 cm³/mol. The molecule has 0 saturated carbocycles. The van der Waals surface area contributed by atoms with E-state index in [0.717, 1.165) is 18.8 Å². The van der Waals surface area contributed by atoms with Gasteiger partial charge in [0.1, 0.15) is 0 Å². The highest BCUT2D eigenvalue weighted by molar-refractivity contribution is 7.98. The molecule has 1 N–H and O–H groups in total. The lowest BCUT2D eigenvalue weighted by atomic mass is 9.87. The summed E-state index contributed by atoms with van der Waals surface area (Å²) < 4.78 is 0. The minimum absolute atomic E-state index is 0.00679. The van der Waals surface area contributed by atoms with E-state index in [0.29, 0.717) is 0 Å². The minimum atomic E-state index is -0.246. The number of thioether (sulfide) groups is 1. The second-order valence-corrected chi connectivity index (χ2v) is 5.38. The maximum atomic E-state index is 9.52. The summed E-state index contributed by atoms with van der Waals surface area (Å²) in [6.07, 6.45) is 1.87. The molecule has 0 radical (unpaired) electrons. The normalized spacial score (nSPS) is 15.0. The van der Waals surface area contributed by atoms with E-state index in [1.807, 2.05) is 18.7 Å². The molecule has 3 heteroatoms. The largest absolute Gasteiger partial charge is 0.393 e. The van der Waals surface area contributed by atoms with Crippen molar-refractivity contribution < 1.29 is 5.11 Å². The summed E-state index contributed by atoms with van der Waals surface area (Å²) in [6.45, 7) is 8.12. The van der Waals surface area contributed by atoms with Crippen LogP contribution in [0.3, 0.4) is 0 Å². The van der Waals surface area contributed by atoms with Crippen molar-refractivity contribution in [3.8, 4) is 0 Å². The Bertz CT molecular complexity index is 137. The van der Waals surface area contributed by atoms with Gasteiger partial charge in [-0.3, -0.25) is 0 Å². The van der Waals surface area contributed by atoms with Crippen LogP contribution in [-0.4, -0.2) is 48.3 Å². The van der Waals surface area contributed by atoms with Gasteiger partial charge in [0.05, 0.1) is 6.10 Å². The molecule has 0 aromatic carbocycles. The van der Waals surface area contributed by atoms with Crippen LogP contribution in [0.5, 0.6) is 0 Å². The Morgan fingerprint density at radius 1 is 1.46 bits per heavy atom. The first-order valence-electron chi connectivity index (χ1n) is 4.75. The van der Waals surface area contributed by atoms with Gasteiger partial charge in [0.25, 0.3) is 0 Å². The standard InChI is InChI=1S/C10H23NOS/c1-9(12)10(2,3)8-11(4)6-7-13-5/h9,12H,6-8H2,1-5H3. The van der Waals surface area contributed by atoms with E-state index in [1.54, 1.807) is 0 Å². The first-order chi connectivity index (χ1) is 5.90. The van der Waals surface area contributed by atoms with E-state index >= 15 is 0 Å². The number of nitrogens with zero attached hydrogens (tertiary/aromatic N) is 1. The van der Waals surface area contributed by atoms with Crippen molar-refractivity contribution in [3.63, 3.8) is 0 Å². The predicted octanol–water partition coefficient (Wildman–Crippen LogP) is 1.69. The van der Waals surface area contributed by atoms with Crippen molar-refractivity contribution in [1.29, 1.82) is 0 Å². The lowest BCUT2D eigenvalue weighted by molar-refractivity contribution is 0.0423. The molecule has 0 bridgehead atoms. The number of hydrogen-bond donors (Lipinski definition) is 1. The molecule has 0 heterocycles. The molecule has 0 aliphatic rings. The van der Waals surface area contributed by atoms with Gasteiger partial charge in [0.15, 0.2) is 0 Å². The zero-order chi connectivity index (χ0) is 10.5. The van der Waals surface area contributed by atoms with E-state index in [2.05, 4.69) is 32.1 Å². The van der Waals surface area contributed by atoms with Gasteiger partial charge in [0, 0.05) is 24.3 Å². The average Bonchev–Trinajstić information content (AvgIpc) is 1.99. The van der Waals surface area contributed by atoms with Crippen molar-refractivity contribution in [2.24, 2.45) is 5.41 Å². The molecule has 0 amide bonds. The SMILES string of the molecule is CSCCN(C)CC(C)(C)C(C)O. The molecular weight excluding hydrogens is 182 g/mol. The Labute approximate surface area is 86.7 Å². The number of rotatable bonds is 6. The Morgan fingerprint density at radius 2 is 2.00 bits per heavy atom. The second-order valence-electron chi connectivity index (χ2n) is 4.40. The highest BCUT2D eigenvalue weighted by Gasteiger charge is 2.25. The maximum Gasteiger partial charge on any atom is 0.0575 e. The van der Waals surface area contributed by atoms with Gasteiger partial charge in [-0.05, 0) is 20.2 Å². The van der Waals surface area contributed by atoms with Crippen LogP contribution >= 0.6 is 11.8 Å². The van der Waals surface area contributed by atoms with Crippen molar-refractivity contribution in [2.75, 3.05) is 32.1 Å². The molecule has 1 atom stereocenters. The van der Waals surface area contributed by atoms with E-state index in [-0.39, 0.29) is 11.5 Å². The van der Waals surface area contributed by atoms with E-state index in [4.69, 9.17) is 0 Å². The zero-order valence-electron chi connectivity index (χ0n) is 9.50. The number of aliphatic hydroxyl groups is 1. The molecule has 0 spiro atoms. The molecule has 2 nitrogen and oxygen atoms in total. The fourth-order valence-electron chi connectivity index (χ4n) is 1.15. The third-order valence-electron chi connectivity index (χ3n) is 2.49. The summed E-state index contributed by atoms with van der Waals surface area (Å²) in [5.74, 6) is 1.16. The first kappa shape index (κ1) is 13.3. The van der Waals surface area contributed by atoms with Crippen LogP contribution in [0.15, 0.2) is 0 Å². The Kier molecular flexibility index (Phi) is 6.01. The van der Waals surface area contributed by atoms with Crippen molar-refractivity contribution >= 4 is 11.8 Å². The van der Waals surface area contributed by atoms with Crippen molar-refractivity contribution in [2.45, 2.75) is 26.9 Å². The smallest absolute Gasteiger partial charge is 0.0575 e. The van der Waals surface area contributed by atoms with Crippen molar-refractivity contribution in [3.05, 3.63) is 0 Å². The maximum absolute atomic E-state index is 9.52. The summed E-state index contributed by atoms with van der Waals surface area (Å²) in [5.41, 5.74) is -0.00679. The third kappa shape index (κ3) is 5.55. The van der Waals surface area contributed by atoms with Crippen LogP contribution in [0.1, 0.15) is 20.8 Å². The van der Waals surface area contributed by atoms with Gasteiger partial charge in [-0.15, -0.1) is 0 Å². The Balaban J connectivity index is 3.82. The lowest BCUT2D eigenvalue weighted by Crippen LogP contribution is -2.39. The van der Waals surface area contributed by atoms with Crippen LogP contribution in [0, 0.1) is 5.41 Å². The third-order valence-corrected chi connectivity index (χ3v) is 3.08. The van der Waals surface area contributed by atoms with Crippen molar-refractivity contribution in [1.82, 2.24) is 4.90 Å². The van der Waals surface area contributed by atoms with E-state index in [9.17, 15) is 5.11 Å². The highest BCUT2D eigenvalue weighted by Crippen LogP contribution is 2.21. The quantitative estimate of drug-likeness (QED) is 0.714. The summed E-state index contributed by atoms with van der Waals surface area (Å²) in [7, 11) is 2.11. The van der Waals surface area contributed by atoms with Gasteiger partial charge in [0.2, 0.25) is 0 Å². The molecule has 0 saturated heterocycles. The Morgan fingerprint density at radius 3 is 2.38 bits per heavy atom. The molecule has 0 fully saturated rings. The molecule has 0 rings (SSSR count). The highest BCUT2D eigenvalue weighted by atomic mass is 32.2. The van der Waals surface area contributed by atoms with Gasteiger partial charge < -0.3 is 10.0 Å². The van der Waals surface area contributed by atoms with Crippen LogP contribution < -0.4 is 0 Å².